The van der Waals surface area contributed by atoms with Crippen molar-refractivity contribution in [1.29, 1.82) is 0 Å². The summed E-state index contributed by atoms with van der Waals surface area (Å²) >= 11 is 0. The average molecular weight is 300 g/mol. The molecule has 2 aliphatic rings. The molecule has 0 aromatic heterocycles. The first-order valence-corrected chi connectivity index (χ1v) is 8.01. The van der Waals surface area contributed by atoms with E-state index in [-0.39, 0.29) is 0 Å². The highest BCUT2D eigenvalue weighted by atomic mass is 16.7. The highest BCUT2D eigenvalue weighted by molar-refractivity contribution is 5.76. The first-order valence-electron chi connectivity index (χ1n) is 8.01. The molecule has 1 atom stereocenters. The Morgan fingerprint density at radius 3 is 2.22 bits per heavy atom. The maximum absolute atomic E-state index is 6.42. The van der Waals surface area contributed by atoms with Gasteiger partial charge < -0.3 is 9.47 Å². The quantitative estimate of drug-likeness (QED) is 0.586. The minimum Gasteiger partial charge on any atom is -0.448 e. The van der Waals surface area contributed by atoms with Crippen molar-refractivity contribution >= 4 is 0 Å². The van der Waals surface area contributed by atoms with Crippen LogP contribution in [0.15, 0.2) is 72.8 Å². The number of hydrogen-bond acceptors (Lipinski definition) is 2. The maximum Gasteiger partial charge on any atom is 0.278 e. The largest absolute Gasteiger partial charge is 0.448 e. The molecule has 0 aliphatic carbocycles. The first-order chi connectivity index (χ1) is 11.4. The Morgan fingerprint density at radius 1 is 0.652 bits per heavy atom. The lowest BCUT2D eigenvalue weighted by atomic mass is 9.86. The molecule has 1 spiro atoms. The predicted molar refractivity (Wildman–Crippen MR) is 89.6 cm³/mol. The van der Waals surface area contributed by atoms with E-state index >= 15 is 0 Å². The molecule has 2 heterocycles. The van der Waals surface area contributed by atoms with Crippen molar-refractivity contribution in [2.24, 2.45) is 0 Å². The molecule has 3 aromatic carbocycles. The molecular weight excluding hydrogens is 284 g/mol. The van der Waals surface area contributed by atoms with Crippen LogP contribution in [0.1, 0.15) is 17.5 Å². The highest BCUT2D eigenvalue weighted by Crippen LogP contribution is 2.49. The van der Waals surface area contributed by atoms with Crippen LogP contribution in [0.4, 0.5) is 0 Å². The minimum absolute atomic E-state index is 0.723. The summed E-state index contributed by atoms with van der Waals surface area (Å²) in [6.45, 7) is 0. The topological polar surface area (TPSA) is 18.5 Å². The molecule has 2 aliphatic heterocycles. The average Bonchev–Trinajstić information content (AvgIpc) is 2.62. The molecule has 2 nitrogen and oxygen atoms in total. The van der Waals surface area contributed by atoms with E-state index in [1.54, 1.807) is 0 Å². The molecule has 23 heavy (non-hydrogen) atoms. The molecule has 0 saturated heterocycles. The van der Waals surface area contributed by atoms with Crippen LogP contribution in [0.3, 0.4) is 0 Å². The van der Waals surface area contributed by atoms with Crippen molar-refractivity contribution in [3.05, 3.63) is 83.9 Å². The lowest BCUT2D eigenvalue weighted by Gasteiger charge is -2.42. The molecule has 0 amide bonds. The summed E-state index contributed by atoms with van der Waals surface area (Å²) in [5.41, 5.74) is 4.70. The van der Waals surface area contributed by atoms with Crippen molar-refractivity contribution < 1.29 is 9.47 Å². The van der Waals surface area contributed by atoms with Crippen molar-refractivity contribution in [2.75, 3.05) is 0 Å². The number of fused-ring (bicyclic) bond motifs is 5. The second kappa shape index (κ2) is 4.63. The van der Waals surface area contributed by atoms with Crippen molar-refractivity contribution in [1.82, 2.24) is 0 Å². The van der Waals surface area contributed by atoms with Crippen LogP contribution < -0.4 is 9.47 Å². The van der Waals surface area contributed by atoms with E-state index in [4.69, 9.17) is 9.47 Å². The number of benzene rings is 3. The Labute approximate surface area is 135 Å². The highest BCUT2D eigenvalue weighted by Gasteiger charge is 2.45. The minimum atomic E-state index is -0.723. The molecule has 0 N–H and O–H groups in total. The van der Waals surface area contributed by atoms with Gasteiger partial charge in [-0.2, -0.15) is 0 Å². The van der Waals surface area contributed by atoms with Crippen molar-refractivity contribution in [3.8, 4) is 22.6 Å². The first kappa shape index (κ1) is 12.8. The summed E-state index contributed by atoms with van der Waals surface area (Å²) in [7, 11) is 0. The zero-order valence-electron chi connectivity index (χ0n) is 12.7. The predicted octanol–water partition coefficient (Wildman–Crippen LogP) is 4.92. The molecule has 0 saturated carbocycles. The van der Waals surface area contributed by atoms with E-state index in [2.05, 4.69) is 42.5 Å². The van der Waals surface area contributed by atoms with E-state index in [1.165, 1.54) is 11.1 Å². The lowest BCUT2D eigenvalue weighted by molar-refractivity contribution is -0.137. The molecule has 1 unspecified atom stereocenters. The lowest BCUT2D eigenvalue weighted by Crippen LogP contribution is -2.44. The second-order valence-corrected chi connectivity index (χ2v) is 6.11. The third-order valence-electron chi connectivity index (χ3n) is 4.76. The van der Waals surface area contributed by atoms with Gasteiger partial charge in [0, 0.05) is 17.5 Å². The van der Waals surface area contributed by atoms with Gasteiger partial charge in [-0.1, -0.05) is 60.7 Å². The Balaban J connectivity index is 1.71. The van der Waals surface area contributed by atoms with Gasteiger partial charge in [-0.15, -0.1) is 0 Å². The van der Waals surface area contributed by atoms with E-state index in [0.29, 0.717) is 0 Å². The van der Waals surface area contributed by atoms with Gasteiger partial charge in [-0.3, -0.25) is 0 Å². The Kier molecular flexibility index (Phi) is 2.57. The second-order valence-electron chi connectivity index (χ2n) is 6.11. The van der Waals surface area contributed by atoms with E-state index < -0.39 is 5.79 Å². The molecular formula is C21H16O2. The van der Waals surface area contributed by atoms with Crippen LogP contribution >= 0.6 is 0 Å². The van der Waals surface area contributed by atoms with Crippen molar-refractivity contribution in [2.45, 2.75) is 18.6 Å². The number of ether oxygens (including phenoxy) is 2. The molecule has 0 fully saturated rings. The van der Waals surface area contributed by atoms with Gasteiger partial charge in [0.05, 0.1) is 0 Å². The summed E-state index contributed by atoms with van der Waals surface area (Å²) in [6, 6.07) is 24.8. The number of para-hydroxylation sites is 2. The Morgan fingerprint density at radius 2 is 1.30 bits per heavy atom. The molecule has 3 aromatic rings. The van der Waals surface area contributed by atoms with Gasteiger partial charge in [0.25, 0.3) is 5.79 Å². The summed E-state index contributed by atoms with van der Waals surface area (Å²) < 4.78 is 12.8. The van der Waals surface area contributed by atoms with Gasteiger partial charge in [-0.25, -0.2) is 0 Å². The van der Waals surface area contributed by atoms with Crippen molar-refractivity contribution in [3.63, 3.8) is 0 Å². The monoisotopic (exact) mass is 300 g/mol. The van der Waals surface area contributed by atoms with Crippen LogP contribution in [0.5, 0.6) is 11.5 Å². The summed E-state index contributed by atoms with van der Waals surface area (Å²) in [4.78, 5) is 0. The fourth-order valence-corrected chi connectivity index (χ4v) is 3.66. The van der Waals surface area contributed by atoms with Gasteiger partial charge in [0.15, 0.2) is 0 Å². The van der Waals surface area contributed by atoms with Crippen LogP contribution in [-0.4, -0.2) is 0 Å². The summed E-state index contributed by atoms with van der Waals surface area (Å²) in [5.74, 6) is 1.10. The summed E-state index contributed by atoms with van der Waals surface area (Å²) in [6.07, 6.45) is 1.77. The van der Waals surface area contributed by atoms with Crippen LogP contribution in [-0.2, 0) is 12.2 Å². The summed E-state index contributed by atoms with van der Waals surface area (Å²) in [5, 5.41) is 0. The van der Waals surface area contributed by atoms with Crippen LogP contribution in [0.25, 0.3) is 11.1 Å². The van der Waals surface area contributed by atoms with E-state index in [9.17, 15) is 0 Å². The van der Waals surface area contributed by atoms with Gasteiger partial charge in [-0.05, 0) is 29.7 Å². The normalized spacial score (nSPS) is 20.7. The third-order valence-corrected chi connectivity index (χ3v) is 4.76. The zero-order valence-corrected chi connectivity index (χ0v) is 12.7. The standard InChI is InChI=1S/C21H16O2/c1-5-11-19-15(7-1)13-14-21(22-19)18-10-4-2-8-16(18)17-9-3-6-12-20(17)23-21/h1-12H,13-14H2. The molecule has 0 bridgehead atoms. The Hall–Kier alpha value is -2.74. The maximum atomic E-state index is 6.42. The van der Waals surface area contributed by atoms with Crippen LogP contribution in [0, 0.1) is 0 Å². The SMILES string of the molecule is c1ccc2c(c1)CCC1(O2)Oc2ccccc2-c2ccccc21. The van der Waals surface area contributed by atoms with E-state index in [0.717, 1.165) is 35.5 Å². The molecule has 2 heteroatoms. The molecule has 5 rings (SSSR count). The number of hydrogen-bond donors (Lipinski definition) is 0. The Bertz CT molecular complexity index is 900. The smallest absolute Gasteiger partial charge is 0.278 e. The number of aryl methyl sites for hydroxylation is 1. The van der Waals surface area contributed by atoms with Gasteiger partial charge in [0.2, 0.25) is 0 Å². The fourth-order valence-electron chi connectivity index (χ4n) is 3.66. The third kappa shape index (κ3) is 1.81. The molecule has 112 valence electrons. The van der Waals surface area contributed by atoms with Gasteiger partial charge >= 0.3 is 0 Å². The van der Waals surface area contributed by atoms with E-state index in [1.807, 2.05) is 30.3 Å². The number of rotatable bonds is 0. The zero-order chi connectivity index (χ0) is 15.3. The van der Waals surface area contributed by atoms with Crippen LogP contribution in [0.2, 0.25) is 0 Å². The molecule has 0 radical (unpaired) electrons. The van der Waals surface area contributed by atoms with Gasteiger partial charge in [0.1, 0.15) is 11.5 Å². The fraction of sp³-hybridized carbons (Fsp3) is 0.143.